The van der Waals surface area contributed by atoms with Crippen LogP contribution in [0.3, 0.4) is 0 Å². The SMILES string of the molecule is CCCCCCCC(CCCCCCC)(C(=O)[O-])C(C(=O)[O-])S(=O)(=O)O. The molecule has 1 unspecified atom stereocenters. The van der Waals surface area contributed by atoms with Gasteiger partial charge in [-0.05, 0) is 12.8 Å². The van der Waals surface area contributed by atoms with Crippen LogP contribution in [0.15, 0.2) is 0 Å². The second-order valence-electron chi connectivity index (χ2n) is 6.99. The fraction of sp³-hybridized carbons (Fsp3) is 0.889. The molecule has 154 valence electrons. The molecule has 0 aliphatic rings. The van der Waals surface area contributed by atoms with Crippen LogP contribution in [0.4, 0.5) is 0 Å². The highest BCUT2D eigenvalue weighted by Crippen LogP contribution is 2.38. The van der Waals surface area contributed by atoms with Crippen molar-refractivity contribution in [3.05, 3.63) is 0 Å². The van der Waals surface area contributed by atoms with E-state index in [1.54, 1.807) is 0 Å². The van der Waals surface area contributed by atoms with Crippen molar-refractivity contribution in [2.45, 2.75) is 96.1 Å². The Balaban J connectivity index is 5.46. The summed E-state index contributed by atoms with van der Waals surface area (Å²) in [5.74, 6) is -3.85. The molecular weight excluding hydrogens is 360 g/mol. The molecule has 0 bridgehead atoms. The van der Waals surface area contributed by atoms with E-state index in [-0.39, 0.29) is 12.8 Å². The maximum atomic E-state index is 11.9. The first-order valence-corrected chi connectivity index (χ1v) is 11.0. The lowest BCUT2D eigenvalue weighted by molar-refractivity contribution is -0.328. The highest BCUT2D eigenvalue weighted by Gasteiger charge is 2.47. The molecule has 1 N–H and O–H groups in total. The molecule has 0 aromatic heterocycles. The summed E-state index contributed by atoms with van der Waals surface area (Å²) < 4.78 is 32.7. The van der Waals surface area contributed by atoms with Crippen LogP contribution in [-0.2, 0) is 19.7 Å². The van der Waals surface area contributed by atoms with Gasteiger partial charge in [-0.2, -0.15) is 8.42 Å². The Morgan fingerprint density at radius 3 is 1.50 bits per heavy atom. The Morgan fingerprint density at radius 1 is 0.846 bits per heavy atom. The lowest BCUT2D eigenvalue weighted by Gasteiger charge is -2.40. The third-order valence-corrected chi connectivity index (χ3v) is 6.11. The average molecular weight is 393 g/mol. The van der Waals surface area contributed by atoms with Crippen molar-refractivity contribution in [3.63, 3.8) is 0 Å². The summed E-state index contributed by atoms with van der Waals surface area (Å²) in [4.78, 5) is 23.3. The van der Waals surface area contributed by atoms with Crippen molar-refractivity contribution < 1.29 is 32.8 Å². The van der Waals surface area contributed by atoms with Gasteiger partial charge in [-0.15, -0.1) is 0 Å². The molecule has 0 fully saturated rings. The van der Waals surface area contributed by atoms with E-state index in [1.807, 2.05) is 13.8 Å². The summed E-state index contributed by atoms with van der Waals surface area (Å²) in [5, 5.41) is 20.8. The Morgan fingerprint density at radius 2 is 1.23 bits per heavy atom. The van der Waals surface area contributed by atoms with Crippen LogP contribution in [0.25, 0.3) is 0 Å². The Labute approximate surface area is 156 Å². The summed E-state index contributed by atoms with van der Waals surface area (Å²) in [5.41, 5.74) is -2.18. The van der Waals surface area contributed by atoms with Gasteiger partial charge in [0, 0.05) is 11.4 Å². The summed E-state index contributed by atoms with van der Waals surface area (Å²) >= 11 is 0. The number of carboxylic acid groups (broad SMARTS) is 2. The largest absolute Gasteiger partial charge is 0.549 e. The van der Waals surface area contributed by atoms with E-state index in [9.17, 15) is 32.8 Å². The predicted molar refractivity (Wildman–Crippen MR) is 94.5 cm³/mol. The van der Waals surface area contributed by atoms with Crippen LogP contribution in [0, 0.1) is 5.41 Å². The van der Waals surface area contributed by atoms with Gasteiger partial charge >= 0.3 is 0 Å². The maximum Gasteiger partial charge on any atom is 0.274 e. The van der Waals surface area contributed by atoms with Crippen molar-refractivity contribution in [1.82, 2.24) is 0 Å². The van der Waals surface area contributed by atoms with Gasteiger partial charge in [0.1, 0.15) is 5.25 Å². The standard InChI is InChI=1S/C18H34O7S/c1-3-5-7-9-11-13-18(17(21)22,14-12-10-8-6-4-2)15(16(19)20)26(23,24)25/h15H,3-14H2,1-2H3,(H,19,20)(H,21,22)(H,23,24,25)/p-2. The minimum atomic E-state index is -5.14. The summed E-state index contributed by atoms with van der Waals surface area (Å²) in [6, 6.07) is 0. The molecule has 0 rings (SSSR count). The second-order valence-corrected chi connectivity index (χ2v) is 8.49. The topological polar surface area (TPSA) is 135 Å². The molecule has 7 nitrogen and oxygen atoms in total. The van der Waals surface area contributed by atoms with Gasteiger partial charge in [0.15, 0.2) is 0 Å². The fourth-order valence-corrected chi connectivity index (χ4v) is 4.56. The Kier molecular flexibility index (Phi) is 11.7. The monoisotopic (exact) mass is 392 g/mol. The zero-order valence-electron chi connectivity index (χ0n) is 15.9. The number of carboxylic acids is 2. The highest BCUT2D eigenvalue weighted by molar-refractivity contribution is 7.87. The smallest absolute Gasteiger partial charge is 0.274 e. The summed E-state index contributed by atoms with van der Waals surface area (Å²) in [6.45, 7) is 4.04. The molecule has 26 heavy (non-hydrogen) atoms. The molecule has 0 amide bonds. The van der Waals surface area contributed by atoms with Crippen LogP contribution >= 0.6 is 0 Å². The van der Waals surface area contributed by atoms with Crippen molar-refractivity contribution in [1.29, 1.82) is 0 Å². The van der Waals surface area contributed by atoms with Gasteiger partial charge in [0.25, 0.3) is 10.1 Å². The average Bonchev–Trinajstić information content (AvgIpc) is 2.52. The van der Waals surface area contributed by atoms with Gasteiger partial charge in [-0.25, -0.2) is 0 Å². The van der Waals surface area contributed by atoms with E-state index >= 15 is 0 Å². The molecule has 0 aromatic rings. The first-order valence-electron chi connectivity index (χ1n) is 9.52. The molecule has 0 saturated carbocycles. The first-order chi connectivity index (χ1) is 12.1. The molecule has 0 spiro atoms. The number of carbonyl (C=O) groups excluding carboxylic acids is 2. The van der Waals surface area contributed by atoms with E-state index in [0.29, 0.717) is 25.7 Å². The predicted octanol–water partition coefficient (Wildman–Crippen LogP) is 1.45. The van der Waals surface area contributed by atoms with Crippen LogP contribution < -0.4 is 10.2 Å². The van der Waals surface area contributed by atoms with Gasteiger partial charge in [0.05, 0.1) is 5.97 Å². The molecule has 1 atom stereocenters. The molecule has 0 radical (unpaired) electrons. The summed E-state index contributed by atoms with van der Waals surface area (Å²) in [6.07, 6.45) is 7.23. The van der Waals surface area contributed by atoms with Crippen LogP contribution in [0.1, 0.15) is 90.9 Å². The normalized spacial score (nSPS) is 13.5. The Bertz CT molecular complexity index is 514. The van der Waals surface area contributed by atoms with Crippen LogP contribution in [0.5, 0.6) is 0 Å². The zero-order valence-corrected chi connectivity index (χ0v) is 16.7. The van der Waals surface area contributed by atoms with Crippen LogP contribution in [-0.4, -0.2) is 30.2 Å². The number of carbonyl (C=O) groups is 2. The van der Waals surface area contributed by atoms with E-state index < -0.39 is 32.7 Å². The van der Waals surface area contributed by atoms with E-state index in [0.717, 1.165) is 38.5 Å². The van der Waals surface area contributed by atoms with Crippen molar-refractivity contribution in [2.75, 3.05) is 0 Å². The minimum Gasteiger partial charge on any atom is -0.549 e. The van der Waals surface area contributed by atoms with E-state index in [1.165, 1.54) is 0 Å². The van der Waals surface area contributed by atoms with Crippen molar-refractivity contribution >= 4 is 22.1 Å². The van der Waals surface area contributed by atoms with E-state index in [2.05, 4.69) is 0 Å². The lowest BCUT2D eigenvalue weighted by atomic mass is 9.74. The molecule has 0 aromatic carbocycles. The lowest BCUT2D eigenvalue weighted by Crippen LogP contribution is -2.59. The highest BCUT2D eigenvalue weighted by atomic mass is 32.2. The number of hydrogen-bond donors (Lipinski definition) is 1. The van der Waals surface area contributed by atoms with Gasteiger partial charge in [-0.3, -0.25) is 4.55 Å². The first kappa shape index (κ1) is 24.8. The minimum absolute atomic E-state index is 0.175. The van der Waals surface area contributed by atoms with Gasteiger partial charge in [0.2, 0.25) is 0 Å². The second kappa shape index (κ2) is 12.3. The molecule has 0 saturated heterocycles. The zero-order chi connectivity index (χ0) is 20.2. The number of aliphatic carboxylic acids is 2. The number of rotatable bonds is 16. The summed E-state index contributed by atoms with van der Waals surface area (Å²) in [7, 11) is -5.14. The van der Waals surface area contributed by atoms with E-state index in [4.69, 9.17) is 0 Å². The number of unbranched alkanes of at least 4 members (excludes halogenated alkanes) is 8. The van der Waals surface area contributed by atoms with Crippen LogP contribution in [0.2, 0.25) is 0 Å². The molecule has 0 aliphatic carbocycles. The molecular formula is C18H32O7S-2. The fourth-order valence-electron chi connectivity index (χ4n) is 3.42. The Hall–Kier alpha value is -1.15. The molecule has 0 aliphatic heterocycles. The molecule has 8 heteroatoms. The quantitative estimate of drug-likeness (QED) is 0.310. The third kappa shape index (κ3) is 8.03. The van der Waals surface area contributed by atoms with Crippen molar-refractivity contribution in [3.8, 4) is 0 Å². The maximum absolute atomic E-state index is 11.9. The third-order valence-electron chi connectivity index (χ3n) is 4.87. The number of hydrogen-bond acceptors (Lipinski definition) is 6. The van der Waals surface area contributed by atoms with Gasteiger partial charge in [-0.1, -0.05) is 78.1 Å². The van der Waals surface area contributed by atoms with Crippen molar-refractivity contribution in [2.24, 2.45) is 5.41 Å². The van der Waals surface area contributed by atoms with Gasteiger partial charge < -0.3 is 19.8 Å². The molecule has 0 heterocycles.